The second-order valence-electron chi connectivity index (χ2n) is 12.7. The summed E-state index contributed by atoms with van der Waals surface area (Å²) in [7, 11) is -4.78. The van der Waals surface area contributed by atoms with E-state index in [1.165, 1.54) is 10.9 Å². The third-order valence-corrected chi connectivity index (χ3v) is 12.1. The highest BCUT2D eigenvalue weighted by Gasteiger charge is 2.51. The Labute approximate surface area is 287 Å². The van der Waals surface area contributed by atoms with Crippen molar-refractivity contribution in [3.05, 3.63) is 82.7 Å². The van der Waals surface area contributed by atoms with Gasteiger partial charge >= 0.3 is 14.5 Å². The number of nitrogens with one attached hydrogen (secondary N) is 1. The number of hydrogen-bond acceptors (Lipinski definition) is 12. The van der Waals surface area contributed by atoms with E-state index in [2.05, 4.69) is 45.3 Å². The second kappa shape index (κ2) is 11.9. The molecule has 2 aromatic heterocycles. The van der Waals surface area contributed by atoms with Gasteiger partial charge in [0.15, 0.2) is 17.4 Å². The van der Waals surface area contributed by atoms with E-state index in [0.29, 0.717) is 5.82 Å². The molecule has 0 aliphatic carbocycles. The van der Waals surface area contributed by atoms with Crippen LogP contribution in [0.2, 0.25) is 0 Å². The van der Waals surface area contributed by atoms with E-state index in [4.69, 9.17) is 39.4 Å². The van der Waals surface area contributed by atoms with Gasteiger partial charge in [0.2, 0.25) is 0 Å². The lowest BCUT2D eigenvalue weighted by atomic mass is 9.90. The molecule has 4 N–H and O–H groups in total. The fourth-order valence-electron chi connectivity index (χ4n) is 7.35. The summed E-state index contributed by atoms with van der Waals surface area (Å²) < 4.78 is 49.8. The number of rotatable bonds is 2. The van der Waals surface area contributed by atoms with Gasteiger partial charge in [-0.15, -0.1) is 0 Å². The molecule has 0 spiro atoms. The molecule has 15 nitrogen and oxygen atoms in total. The van der Waals surface area contributed by atoms with Crippen LogP contribution in [-0.2, 0) is 43.9 Å². The Morgan fingerprint density at radius 2 is 1.64 bits per heavy atom. The lowest BCUT2D eigenvalue weighted by Gasteiger charge is -2.27. The maximum absolute atomic E-state index is 13.4. The molecule has 3 unspecified atom stereocenters. The number of fused-ring (bicyclic) bond motifs is 4. The molecular weight excluding hydrogens is 710 g/mol. The Balaban J connectivity index is 1.04. The second-order valence-corrected chi connectivity index (χ2v) is 16.9. The van der Waals surface area contributed by atoms with Crippen molar-refractivity contribution in [3.8, 4) is 0 Å². The third-order valence-electron chi connectivity index (χ3n) is 9.57. The smallest absolute Gasteiger partial charge is 0.387 e. The van der Waals surface area contributed by atoms with E-state index in [-0.39, 0.29) is 24.2 Å². The van der Waals surface area contributed by atoms with E-state index < -0.39 is 69.6 Å². The Morgan fingerprint density at radius 3 is 2.44 bits per heavy atom. The molecule has 0 amide bonds. The standard InChI is InChI=1S/C32H30N4O11P2S/c1-15-34-30-27(31(38)35-15)33-14-36(30)32-29-28(37)24(45-32)13-42-48(39,40)46-22-11-21(44-23(22)12-43-49(41,50)47-29)19-9-7-18-6-5-16-3-2-4-17-8-10-20(19)26(18)25(16)17/h2-10,14,21-24,28-29,32,37H,11-13H2,1H3,(H,39,40)(H,41,50)(H,34,35,38)/t21-,22-,23-,24-,28?,29+,32-,49?/m1/s1. The van der Waals surface area contributed by atoms with Gasteiger partial charge in [-0.25, -0.2) is 14.5 Å². The molecule has 3 aliphatic heterocycles. The SMILES string of the molecule is Cc1nc2c(ncn2[C@@H]2O[C@@H]3COP(=O)(O)O[C@@H]4C[C@H](c5ccc6ccc7cccc8ccc5c6c78)O[C@@H]4COP(O)(=S)O[C@H]2C3O)c(=O)[nH]1. The first-order chi connectivity index (χ1) is 23.9. The van der Waals surface area contributed by atoms with Crippen LogP contribution in [0, 0.1) is 6.92 Å². The molecule has 3 fully saturated rings. The molecule has 50 heavy (non-hydrogen) atoms. The number of phosphoric acid groups is 1. The zero-order valence-corrected chi connectivity index (χ0v) is 28.8. The van der Waals surface area contributed by atoms with E-state index >= 15 is 0 Å². The largest absolute Gasteiger partial charge is 0.472 e. The number of nitrogens with zero attached hydrogens (tertiary/aromatic N) is 3. The Kier molecular flexibility index (Phi) is 7.79. The fourth-order valence-corrected chi connectivity index (χ4v) is 9.72. The summed E-state index contributed by atoms with van der Waals surface area (Å²) in [6.45, 7) is -3.53. The van der Waals surface area contributed by atoms with Crippen molar-refractivity contribution >= 4 is 69.8 Å². The van der Waals surface area contributed by atoms with Crippen LogP contribution in [0.3, 0.4) is 0 Å². The Hall–Kier alpha value is -3.21. The summed E-state index contributed by atoms with van der Waals surface area (Å²) in [4.78, 5) is 45.7. The van der Waals surface area contributed by atoms with Crippen LogP contribution in [0.1, 0.15) is 30.1 Å². The molecule has 2 bridgehead atoms. The monoisotopic (exact) mass is 740 g/mol. The van der Waals surface area contributed by atoms with Crippen molar-refractivity contribution in [2.24, 2.45) is 0 Å². The van der Waals surface area contributed by atoms with Crippen molar-refractivity contribution in [3.63, 3.8) is 0 Å². The van der Waals surface area contributed by atoms with E-state index in [0.717, 1.165) is 37.9 Å². The summed E-state index contributed by atoms with van der Waals surface area (Å²) in [6, 6.07) is 18.4. The molecule has 3 saturated heterocycles. The molecule has 9 rings (SSSR count). The lowest BCUT2D eigenvalue weighted by Crippen LogP contribution is -2.35. The van der Waals surface area contributed by atoms with Gasteiger partial charge < -0.3 is 33.9 Å². The molecule has 0 radical (unpaired) electrons. The van der Waals surface area contributed by atoms with Crippen molar-refractivity contribution in [2.45, 2.75) is 56.2 Å². The summed E-state index contributed by atoms with van der Waals surface area (Å²) in [5.41, 5.74) is 0.472. The maximum Gasteiger partial charge on any atom is 0.472 e. The first kappa shape index (κ1) is 32.7. The van der Waals surface area contributed by atoms with Gasteiger partial charge in [-0.3, -0.25) is 22.9 Å². The van der Waals surface area contributed by atoms with Gasteiger partial charge in [-0.05, 0) is 56.6 Å². The summed E-state index contributed by atoms with van der Waals surface area (Å²) in [6.07, 6.45) is -6.55. The van der Waals surface area contributed by atoms with E-state index in [1.807, 2.05) is 24.3 Å². The van der Waals surface area contributed by atoms with Crippen molar-refractivity contribution in [1.82, 2.24) is 19.5 Å². The van der Waals surface area contributed by atoms with Crippen LogP contribution in [-0.4, -0.2) is 78.1 Å². The van der Waals surface area contributed by atoms with E-state index in [9.17, 15) is 24.3 Å². The number of aryl methyl sites for hydroxylation is 1. The number of aromatic amines is 1. The predicted octanol–water partition coefficient (Wildman–Crippen LogP) is 4.25. The first-order valence-electron chi connectivity index (χ1n) is 15.8. The highest BCUT2D eigenvalue weighted by atomic mass is 32.5. The Morgan fingerprint density at radius 1 is 0.920 bits per heavy atom. The minimum Gasteiger partial charge on any atom is -0.387 e. The molecule has 4 aromatic carbocycles. The number of hydrogen-bond donors (Lipinski definition) is 4. The molecular formula is C32H30N4O11P2S. The van der Waals surface area contributed by atoms with Crippen LogP contribution < -0.4 is 5.56 Å². The molecule has 18 heteroatoms. The van der Waals surface area contributed by atoms with Gasteiger partial charge in [0.1, 0.15) is 36.3 Å². The van der Waals surface area contributed by atoms with Crippen LogP contribution in [0.15, 0.2) is 65.7 Å². The highest BCUT2D eigenvalue weighted by molar-refractivity contribution is 8.07. The number of H-pyrrole nitrogens is 1. The van der Waals surface area contributed by atoms with Crippen LogP contribution in [0.5, 0.6) is 0 Å². The highest BCUT2D eigenvalue weighted by Crippen LogP contribution is 2.54. The maximum atomic E-state index is 13.4. The Bertz CT molecular complexity index is 2440. The van der Waals surface area contributed by atoms with Crippen LogP contribution in [0.4, 0.5) is 0 Å². The number of phosphoric ester groups is 1. The lowest BCUT2D eigenvalue weighted by molar-refractivity contribution is -0.0597. The van der Waals surface area contributed by atoms with Crippen LogP contribution >= 0.6 is 14.5 Å². The average Bonchev–Trinajstić information content (AvgIpc) is 3.76. The van der Waals surface area contributed by atoms with Crippen molar-refractivity contribution < 1.29 is 47.0 Å². The van der Waals surface area contributed by atoms with Crippen LogP contribution in [0.25, 0.3) is 43.5 Å². The predicted molar refractivity (Wildman–Crippen MR) is 183 cm³/mol. The molecule has 260 valence electrons. The quantitative estimate of drug-likeness (QED) is 0.145. The molecule has 9 atom stereocenters. The number of aliphatic hydroxyl groups excluding tert-OH is 1. The number of imidazole rings is 1. The third kappa shape index (κ3) is 5.52. The van der Waals surface area contributed by atoms with Crippen molar-refractivity contribution in [1.29, 1.82) is 0 Å². The van der Waals surface area contributed by atoms with Gasteiger partial charge in [-0.1, -0.05) is 54.6 Å². The zero-order chi connectivity index (χ0) is 34.5. The van der Waals surface area contributed by atoms with Crippen molar-refractivity contribution in [2.75, 3.05) is 13.2 Å². The van der Waals surface area contributed by atoms with Gasteiger partial charge in [-0.2, -0.15) is 0 Å². The number of aromatic nitrogens is 4. The average molecular weight is 741 g/mol. The number of benzene rings is 4. The van der Waals surface area contributed by atoms with Gasteiger partial charge in [0.25, 0.3) is 5.56 Å². The van der Waals surface area contributed by atoms with E-state index in [1.54, 1.807) is 6.92 Å². The topological polar surface area (TPSA) is 197 Å². The summed E-state index contributed by atoms with van der Waals surface area (Å²) >= 11 is 5.38. The normalized spacial score (nSPS) is 33.9. The summed E-state index contributed by atoms with van der Waals surface area (Å²) in [5, 5.41) is 17.7. The minimum atomic E-state index is -4.78. The minimum absolute atomic E-state index is 0.00172. The number of ether oxygens (including phenoxy) is 2. The fraction of sp³-hybridized carbons (Fsp3) is 0.344. The number of aliphatic hydroxyl groups is 1. The first-order valence-corrected chi connectivity index (χ1v) is 19.9. The molecule has 5 heterocycles. The summed E-state index contributed by atoms with van der Waals surface area (Å²) in [5.74, 6) is 0.294. The van der Waals surface area contributed by atoms with Gasteiger partial charge in [0.05, 0.1) is 25.6 Å². The molecule has 6 aromatic rings. The zero-order valence-electron chi connectivity index (χ0n) is 26.2. The van der Waals surface area contributed by atoms with Gasteiger partial charge in [0, 0.05) is 6.42 Å². The molecule has 0 saturated carbocycles. The molecule has 3 aliphatic rings.